The number of benzene rings is 8. The molecule has 13 rings (SSSR count). The first-order valence-corrected chi connectivity index (χ1v) is 22.8. The molecule has 0 amide bonds. The Balaban J connectivity index is 1.11. The number of anilines is 2. The predicted molar refractivity (Wildman–Crippen MR) is 264 cm³/mol. The molecule has 286 valence electrons. The van der Waals surface area contributed by atoms with Gasteiger partial charge in [-0.1, -0.05) is 131 Å². The Bertz CT molecular complexity index is 3670. The Kier molecular flexibility index (Phi) is 6.94. The van der Waals surface area contributed by atoms with E-state index in [2.05, 4.69) is 190 Å². The Morgan fingerprint density at radius 1 is 0.533 bits per heavy atom. The molecule has 4 heterocycles. The zero-order chi connectivity index (χ0) is 40.2. The predicted octanol–water partition coefficient (Wildman–Crippen LogP) is 14.2. The molecule has 2 aliphatic rings. The van der Waals surface area contributed by atoms with Gasteiger partial charge in [0.15, 0.2) is 7.28 Å². The van der Waals surface area contributed by atoms with Gasteiger partial charge in [0, 0.05) is 79.3 Å². The zero-order valence-corrected chi connectivity index (χ0v) is 36.0. The molecule has 0 fully saturated rings. The molecule has 3 aromatic heterocycles. The molecule has 2 nitrogen and oxygen atoms in total. The van der Waals surface area contributed by atoms with Crippen molar-refractivity contribution in [3.8, 4) is 27.9 Å². The second kappa shape index (κ2) is 12.0. The van der Waals surface area contributed by atoms with Gasteiger partial charge >= 0.3 is 0 Å². The van der Waals surface area contributed by atoms with Crippen molar-refractivity contribution in [1.29, 1.82) is 0 Å². The number of nitrogens with zero attached hydrogens (tertiary/aromatic N) is 1. The van der Waals surface area contributed by atoms with Crippen LogP contribution in [0.2, 0.25) is 0 Å². The quantitative estimate of drug-likeness (QED) is 0.176. The van der Waals surface area contributed by atoms with E-state index >= 15 is 0 Å². The molecule has 60 heavy (non-hydrogen) atoms. The second-order valence-corrected chi connectivity index (χ2v) is 20.8. The standard InChI is InChI=1S/C55H41BN2S2/c1-54(2,3)30-18-20-31(21-19-30)57-45-28-43-37(32-12-6-9-15-42(32)55(43,4)5)24-38(45)35-22-23-36-39-27-50-41(34-14-8-11-17-49(34)59-50)26-46(39)58-47-29-51-40(25-44(47)56-52(35)53(36)58)33-13-7-10-16-48(33)60-51/h6-29,56-57H,1-5H3. The topological polar surface area (TPSA) is 17.0 Å². The molecule has 0 bridgehead atoms. The first-order valence-electron chi connectivity index (χ1n) is 21.1. The minimum Gasteiger partial charge on any atom is -0.355 e. The van der Waals surface area contributed by atoms with Gasteiger partial charge in [-0.2, -0.15) is 0 Å². The Labute approximate surface area is 358 Å². The molecule has 5 heteroatoms. The molecular weight excluding hydrogens is 764 g/mol. The lowest BCUT2D eigenvalue weighted by molar-refractivity contribution is 0.590. The summed E-state index contributed by atoms with van der Waals surface area (Å²) in [6.45, 7) is 11.6. The normalized spacial score (nSPS) is 14.0. The minimum absolute atomic E-state index is 0.0863. The highest BCUT2D eigenvalue weighted by molar-refractivity contribution is 7.26. The SMILES string of the molecule is CC(C)(C)c1ccc(Nc2cc3c(cc2-c2ccc4c5cc6sc7ccccc7c6cc5n5c4c2Bc2cc4c(cc2-5)sc2ccccc24)-c2ccccc2C3(C)C)cc1. The Morgan fingerprint density at radius 2 is 1.22 bits per heavy atom. The average molecular weight is 805 g/mol. The zero-order valence-electron chi connectivity index (χ0n) is 34.3. The molecule has 0 saturated carbocycles. The van der Waals surface area contributed by atoms with Gasteiger partial charge in [-0.05, 0) is 104 Å². The van der Waals surface area contributed by atoms with E-state index in [0.29, 0.717) is 0 Å². The van der Waals surface area contributed by atoms with Gasteiger partial charge < -0.3 is 9.88 Å². The summed E-state index contributed by atoms with van der Waals surface area (Å²) >= 11 is 3.82. The summed E-state index contributed by atoms with van der Waals surface area (Å²) in [6.07, 6.45) is 0. The summed E-state index contributed by atoms with van der Waals surface area (Å²) in [5.74, 6) is 0. The fourth-order valence-electron chi connectivity index (χ4n) is 10.7. The van der Waals surface area contributed by atoms with Crippen molar-refractivity contribution in [2.45, 2.75) is 45.4 Å². The Hall–Kier alpha value is -6.14. The smallest absolute Gasteiger partial charge is 0.198 e. The number of fused-ring (bicyclic) bond motifs is 14. The highest BCUT2D eigenvalue weighted by Crippen LogP contribution is 2.52. The van der Waals surface area contributed by atoms with Crippen molar-refractivity contribution >= 4 is 114 Å². The lowest BCUT2D eigenvalue weighted by atomic mass is 9.59. The van der Waals surface area contributed by atoms with Crippen LogP contribution < -0.4 is 16.2 Å². The molecule has 0 atom stereocenters. The lowest BCUT2D eigenvalue weighted by Crippen LogP contribution is -2.37. The number of hydrogen-bond acceptors (Lipinski definition) is 3. The van der Waals surface area contributed by atoms with Gasteiger partial charge in [-0.15, -0.1) is 22.7 Å². The van der Waals surface area contributed by atoms with Crippen molar-refractivity contribution in [2.24, 2.45) is 0 Å². The summed E-state index contributed by atoms with van der Waals surface area (Å²) in [5, 5.41) is 12.0. The van der Waals surface area contributed by atoms with Crippen molar-refractivity contribution in [3.63, 3.8) is 0 Å². The highest BCUT2D eigenvalue weighted by atomic mass is 32.1. The molecule has 1 aliphatic carbocycles. The van der Waals surface area contributed by atoms with E-state index in [1.165, 1.54) is 118 Å². The fraction of sp³-hybridized carbons (Fsp3) is 0.127. The molecule has 11 aromatic rings. The van der Waals surface area contributed by atoms with Crippen molar-refractivity contribution in [1.82, 2.24) is 4.57 Å². The Morgan fingerprint density at radius 3 is 1.97 bits per heavy atom. The van der Waals surface area contributed by atoms with Crippen LogP contribution in [0.1, 0.15) is 51.3 Å². The van der Waals surface area contributed by atoms with Crippen LogP contribution in [0.5, 0.6) is 0 Å². The summed E-state index contributed by atoms with van der Waals surface area (Å²) < 4.78 is 8.00. The summed E-state index contributed by atoms with van der Waals surface area (Å²) in [7, 11) is 0.856. The lowest BCUT2D eigenvalue weighted by Gasteiger charge is -2.26. The van der Waals surface area contributed by atoms with Gasteiger partial charge in [0.05, 0.1) is 5.52 Å². The van der Waals surface area contributed by atoms with Crippen molar-refractivity contribution in [2.75, 3.05) is 5.32 Å². The first-order chi connectivity index (χ1) is 29.1. The van der Waals surface area contributed by atoms with Crippen LogP contribution in [0.3, 0.4) is 0 Å². The van der Waals surface area contributed by atoms with Gasteiger partial charge in [-0.3, -0.25) is 0 Å². The van der Waals surface area contributed by atoms with Crippen LogP contribution in [0.15, 0.2) is 146 Å². The van der Waals surface area contributed by atoms with Crippen molar-refractivity contribution < 1.29 is 0 Å². The molecular formula is C55H41BN2S2. The maximum Gasteiger partial charge on any atom is 0.198 e. The van der Waals surface area contributed by atoms with Crippen LogP contribution in [-0.4, -0.2) is 11.8 Å². The summed E-state index contributed by atoms with van der Waals surface area (Å²) in [4.78, 5) is 0. The van der Waals surface area contributed by atoms with Crippen molar-refractivity contribution in [3.05, 3.63) is 162 Å². The third-order valence-electron chi connectivity index (χ3n) is 13.8. The summed E-state index contributed by atoms with van der Waals surface area (Å²) in [6, 6.07) is 55.7. The molecule has 0 unspecified atom stereocenters. The maximum atomic E-state index is 3.99. The number of rotatable bonds is 3. The summed E-state index contributed by atoms with van der Waals surface area (Å²) in [5.41, 5.74) is 18.2. The molecule has 1 N–H and O–H groups in total. The fourth-order valence-corrected chi connectivity index (χ4v) is 12.9. The molecule has 1 aliphatic heterocycles. The van der Waals surface area contributed by atoms with Crippen LogP contribution in [-0.2, 0) is 10.8 Å². The number of hydrogen-bond donors (Lipinski definition) is 1. The van der Waals surface area contributed by atoms with Crippen LogP contribution in [0.4, 0.5) is 11.4 Å². The monoisotopic (exact) mass is 804 g/mol. The first kappa shape index (κ1) is 34.7. The van der Waals surface area contributed by atoms with E-state index in [9.17, 15) is 0 Å². The third kappa shape index (κ3) is 4.76. The number of aromatic nitrogens is 1. The van der Waals surface area contributed by atoms with E-state index in [1.54, 1.807) is 0 Å². The largest absolute Gasteiger partial charge is 0.355 e. The van der Waals surface area contributed by atoms with Crippen LogP contribution in [0, 0.1) is 0 Å². The van der Waals surface area contributed by atoms with E-state index in [4.69, 9.17) is 0 Å². The maximum absolute atomic E-state index is 3.99. The second-order valence-electron chi connectivity index (χ2n) is 18.6. The molecule has 0 spiro atoms. The van der Waals surface area contributed by atoms with Gasteiger partial charge in [-0.25, -0.2) is 0 Å². The van der Waals surface area contributed by atoms with Crippen LogP contribution >= 0.6 is 22.7 Å². The third-order valence-corrected chi connectivity index (χ3v) is 16.0. The molecule has 0 radical (unpaired) electrons. The van der Waals surface area contributed by atoms with Gasteiger partial charge in [0.1, 0.15) is 0 Å². The minimum atomic E-state index is -0.119. The van der Waals surface area contributed by atoms with E-state index in [1.807, 2.05) is 22.7 Å². The van der Waals surface area contributed by atoms with E-state index in [0.717, 1.165) is 18.7 Å². The van der Waals surface area contributed by atoms with Crippen LogP contribution in [0.25, 0.3) is 90.1 Å². The molecule has 0 saturated heterocycles. The van der Waals surface area contributed by atoms with E-state index in [-0.39, 0.29) is 10.8 Å². The average Bonchev–Trinajstić information content (AvgIpc) is 3.96. The highest BCUT2D eigenvalue weighted by Gasteiger charge is 2.37. The molecule has 8 aromatic carbocycles. The number of thiophene rings is 2. The van der Waals surface area contributed by atoms with E-state index < -0.39 is 0 Å². The van der Waals surface area contributed by atoms with Gasteiger partial charge in [0.25, 0.3) is 0 Å². The number of nitrogens with one attached hydrogen (secondary N) is 1. The van der Waals surface area contributed by atoms with Gasteiger partial charge in [0.2, 0.25) is 0 Å².